The topological polar surface area (TPSA) is 90.6 Å². The van der Waals surface area contributed by atoms with E-state index in [2.05, 4.69) is 10.3 Å². The quantitative estimate of drug-likeness (QED) is 0.346. The maximum absolute atomic E-state index is 13.6. The number of pyridine rings is 1. The Hall–Kier alpha value is -4.67. The lowest BCUT2D eigenvalue weighted by molar-refractivity contribution is -0.129. The Labute approximate surface area is 219 Å². The number of nitrogens with one attached hydrogen (secondary N) is 1. The van der Waals surface area contributed by atoms with Crippen LogP contribution in [-0.4, -0.2) is 28.3 Å². The molecule has 5 rings (SSSR count). The summed E-state index contributed by atoms with van der Waals surface area (Å²) in [7, 11) is 0. The number of nitriles is 1. The minimum atomic E-state index is -0.355. The number of carbonyl (C=O) groups is 1. The molecule has 182 valence electrons. The van der Waals surface area contributed by atoms with Gasteiger partial charge in [-0.15, -0.1) is 0 Å². The van der Waals surface area contributed by atoms with E-state index in [1.807, 2.05) is 72.8 Å². The number of rotatable bonds is 6. The lowest BCUT2D eigenvalue weighted by Crippen LogP contribution is -2.47. The molecule has 0 bridgehead atoms. The number of aliphatic imine (C=N–C) groups is 1. The number of amides is 1. The molecular formula is C29H22ClN5O2. The van der Waals surface area contributed by atoms with Crippen LogP contribution in [-0.2, 0) is 11.3 Å². The van der Waals surface area contributed by atoms with Gasteiger partial charge in [0.1, 0.15) is 17.5 Å². The highest BCUT2D eigenvalue weighted by molar-refractivity contribution is 6.30. The first-order chi connectivity index (χ1) is 18.1. The van der Waals surface area contributed by atoms with Crippen LogP contribution in [0, 0.1) is 11.3 Å². The number of benzene rings is 3. The van der Waals surface area contributed by atoms with Gasteiger partial charge in [-0.1, -0.05) is 60.1 Å². The number of aromatic nitrogens is 1. The molecule has 1 unspecified atom stereocenters. The van der Waals surface area contributed by atoms with Gasteiger partial charge in [0.25, 0.3) is 0 Å². The summed E-state index contributed by atoms with van der Waals surface area (Å²) in [6, 6.07) is 31.4. The third-order valence-electron chi connectivity index (χ3n) is 5.87. The molecule has 3 aromatic carbocycles. The molecular weight excluding hydrogens is 486 g/mol. The third kappa shape index (κ3) is 5.77. The largest absolute Gasteiger partial charge is 0.439 e. The van der Waals surface area contributed by atoms with Crippen molar-refractivity contribution in [3.8, 4) is 17.7 Å². The van der Waals surface area contributed by atoms with E-state index in [4.69, 9.17) is 26.6 Å². The van der Waals surface area contributed by atoms with Crippen molar-refractivity contribution in [2.45, 2.75) is 12.5 Å². The van der Waals surface area contributed by atoms with E-state index in [0.29, 0.717) is 35.7 Å². The van der Waals surface area contributed by atoms with Gasteiger partial charge in [0.15, 0.2) is 0 Å². The number of carbonyl (C=O) groups excluding carboxylic acids is 1. The van der Waals surface area contributed by atoms with E-state index in [-0.39, 0.29) is 17.5 Å². The molecule has 37 heavy (non-hydrogen) atoms. The number of halogens is 1. The average molecular weight is 508 g/mol. The van der Waals surface area contributed by atoms with E-state index in [1.54, 1.807) is 35.2 Å². The van der Waals surface area contributed by atoms with Crippen molar-refractivity contribution in [3.63, 3.8) is 0 Å². The van der Waals surface area contributed by atoms with Gasteiger partial charge in [-0.25, -0.2) is 4.98 Å². The molecule has 0 radical (unpaired) electrons. The SMILES string of the molecule is N#Cc1cccc(Oc2ccc(NC3=NCC(c4ccccc4)C(=O)N3Cc3ccc(Cl)cc3)cc2)n1. The first-order valence-corrected chi connectivity index (χ1v) is 12.0. The van der Waals surface area contributed by atoms with Crippen molar-refractivity contribution < 1.29 is 9.53 Å². The van der Waals surface area contributed by atoms with E-state index in [9.17, 15) is 4.79 Å². The maximum Gasteiger partial charge on any atom is 0.239 e. The number of nitrogens with zero attached hydrogens (tertiary/aromatic N) is 4. The molecule has 0 saturated heterocycles. The second-order valence-electron chi connectivity index (χ2n) is 8.40. The number of anilines is 1. The third-order valence-corrected chi connectivity index (χ3v) is 6.12. The zero-order valence-corrected chi connectivity index (χ0v) is 20.5. The Morgan fingerprint density at radius 2 is 1.73 bits per heavy atom. The predicted molar refractivity (Wildman–Crippen MR) is 143 cm³/mol. The Balaban J connectivity index is 1.36. The minimum Gasteiger partial charge on any atom is -0.439 e. The Morgan fingerprint density at radius 1 is 0.973 bits per heavy atom. The Morgan fingerprint density at radius 3 is 2.46 bits per heavy atom. The van der Waals surface area contributed by atoms with Crippen LogP contribution in [0.3, 0.4) is 0 Å². The van der Waals surface area contributed by atoms with Crippen molar-refractivity contribution >= 4 is 29.2 Å². The molecule has 8 heteroatoms. The number of ether oxygens (including phenoxy) is 1. The average Bonchev–Trinajstić information content (AvgIpc) is 2.93. The molecule has 1 aliphatic rings. The van der Waals surface area contributed by atoms with Crippen LogP contribution in [0.1, 0.15) is 22.7 Å². The van der Waals surface area contributed by atoms with Crippen molar-refractivity contribution in [3.05, 3.63) is 119 Å². The van der Waals surface area contributed by atoms with Gasteiger partial charge >= 0.3 is 0 Å². The highest BCUT2D eigenvalue weighted by Gasteiger charge is 2.33. The molecule has 1 aliphatic heterocycles. The highest BCUT2D eigenvalue weighted by atomic mass is 35.5. The van der Waals surface area contributed by atoms with E-state index < -0.39 is 0 Å². The smallest absolute Gasteiger partial charge is 0.239 e. The Kier molecular flexibility index (Phi) is 7.11. The van der Waals surface area contributed by atoms with Crippen LogP contribution in [0.15, 0.2) is 102 Å². The standard InChI is InChI=1S/C29H22ClN5O2/c30-22-11-9-20(10-12-22)19-35-28(36)26(21-5-2-1-3-6-21)18-32-29(35)34-23-13-15-25(16-14-23)37-27-8-4-7-24(17-31)33-27/h1-16,26H,18-19H2,(H,32,34). The van der Waals surface area contributed by atoms with Gasteiger partial charge in [0.05, 0.1) is 19.0 Å². The second-order valence-corrected chi connectivity index (χ2v) is 8.84. The molecule has 0 spiro atoms. The minimum absolute atomic E-state index is 0.0259. The zero-order valence-electron chi connectivity index (χ0n) is 19.7. The molecule has 2 heterocycles. The molecule has 1 N–H and O–H groups in total. The van der Waals surface area contributed by atoms with Crippen LogP contribution < -0.4 is 10.1 Å². The van der Waals surface area contributed by atoms with Crippen molar-refractivity contribution in [2.24, 2.45) is 4.99 Å². The lowest BCUT2D eigenvalue weighted by Gasteiger charge is -2.32. The molecule has 4 aromatic rings. The highest BCUT2D eigenvalue weighted by Crippen LogP contribution is 2.27. The summed E-state index contributed by atoms with van der Waals surface area (Å²) in [6.07, 6.45) is 0. The van der Waals surface area contributed by atoms with E-state index in [1.165, 1.54) is 0 Å². The number of guanidine groups is 1. The molecule has 0 aliphatic carbocycles. The zero-order chi connectivity index (χ0) is 25.6. The number of hydrogen-bond acceptors (Lipinski definition) is 6. The fraction of sp³-hybridized carbons (Fsp3) is 0.103. The maximum atomic E-state index is 13.6. The van der Waals surface area contributed by atoms with Crippen LogP contribution in [0.4, 0.5) is 5.69 Å². The number of hydrogen-bond donors (Lipinski definition) is 1. The summed E-state index contributed by atoms with van der Waals surface area (Å²) in [5.41, 5.74) is 2.91. The van der Waals surface area contributed by atoms with Crippen LogP contribution in [0.2, 0.25) is 5.02 Å². The first kappa shape index (κ1) is 24.0. The van der Waals surface area contributed by atoms with E-state index in [0.717, 1.165) is 16.8 Å². The van der Waals surface area contributed by atoms with E-state index >= 15 is 0 Å². The summed E-state index contributed by atoms with van der Waals surface area (Å²) in [6.45, 7) is 0.706. The second kappa shape index (κ2) is 10.9. The molecule has 1 atom stereocenters. The summed E-state index contributed by atoms with van der Waals surface area (Å²) >= 11 is 6.06. The summed E-state index contributed by atoms with van der Waals surface area (Å²) < 4.78 is 5.76. The fourth-order valence-corrected chi connectivity index (χ4v) is 4.12. The van der Waals surface area contributed by atoms with Crippen molar-refractivity contribution in [1.82, 2.24) is 9.88 Å². The lowest BCUT2D eigenvalue weighted by atomic mass is 9.96. The first-order valence-electron chi connectivity index (χ1n) is 11.7. The normalized spacial score (nSPS) is 15.0. The van der Waals surface area contributed by atoms with Gasteiger partial charge in [0.2, 0.25) is 17.7 Å². The van der Waals surface area contributed by atoms with Gasteiger partial charge in [0, 0.05) is 16.8 Å². The Bertz CT molecular complexity index is 1470. The van der Waals surface area contributed by atoms with Crippen LogP contribution >= 0.6 is 11.6 Å². The summed E-state index contributed by atoms with van der Waals surface area (Å²) in [5, 5.41) is 13.0. The molecule has 7 nitrogen and oxygen atoms in total. The van der Waals surface area contributed by atoms with Gasteiger partial charge in [-0.2, -0.15) is 5.26 Å². The molecule has 1 aromatic heterocycles. The predicted octanol–water partition coefficient (Wildman–Crippen LogP) is 5.99. The van der Waals surface area contributed by atoms with Crippen molar-refractivity contribution in [2.75, 3.05) is 11.9 Å². The molecule has 0 saturated carbocycles. The van der Waals surface area contributed by atoms with Gasteiger partial charge < -0.3 is 10.1 Å². The van der Waals surface area contributed by atoms with Crippen LogP contribution in [0.25, 0.3) is 0 Å². The fourth-order valence-electron chi connectivity index (χ4n) is 3.99. The van der Waals surface area contributed by atoms with Crippen molar-refractivity contribution in [1.29, 1.82) is 5.26 Å². The monoisotopic (exact) mass is 507 g/mol. The van der Waals surface area contributed by atoms with Gasteiger partial charge in [-0.3, -0.25) is 14.7 Å². The summed E-state index contributed by atoms with van der Waals surface area (Å²) in [4.78, 5) is 24.2. The summed E-state index contributed by atoms with van der Waals surface area (Å²) in [5.74, 6) is 0.998. The van der Waals surface area contributed by atoms with Crippen LogP contribution in [0.5, 0.6) is 11.6 Å². The van der Waals surface area contributed by atoms with Gasteiger partial charge in [-0.05, 0) is 53.6 Å². The molecule has 0 fully saturated rings. The molecule has 1 amide bonds.